The van der Waals surface area contributed by atoms with Crippen LogP contribution in [0, 0.1) is 5.82 Å². The number of hydrogen-bond acceptors (Lipinski definition) is 5. The van der Waals surface area contributed by atoms with E-state index in [1.807, 2.05) is 0 Å². The van der Waals surface area contributed by atoms with Crippen LogP contribution < -0.4 is 10.1 Å². The van der Waals surface area contributed by atoms with Crippen molar-refractivity contribution in [3.05, 3.63) is 54.4 Å². The molecular formula is C14H16FN3O2. The molecule has 0 aliphatic heterocycles. The summed E-state index contributed by atoms with van der Waals surface area (Å²) in [5.74, 6) is -0.295. The Bertz CT molecular complexity index is 525. The summed E-state index contributed by atoms with van der Waals surface area (Å²) in [6.45, 7) is 0.884. The summed E-state index contributed by atoms with van der Waals surface area (Å²) in [6.07, 6.45) is 2.40. The fraction of sp³-hybridized carbons (Fsp3) is 0.286. The molecular weight excluding hydrogens is 261 g/mol. The SMILES string of the molecule is OC(CNCc1ccncn1)COc1ccccc1F. The largest absolute Gasteiger partial charge is 0.488 e. The van der Waals surface area contributed by atoms with Gasteiger partial charge >= 0.3 is 0 Å². The van der Waals surface area contributed by atoms with E-state index in [9.17, 15) is 9.50 Å². The van der Waals surface area contributed by atoms with E-state index in [-0.39, 0.29) is 12.4 Å². The number of ether oxygens (including phenoxy) is 1. The van der Waals surface area contributed by atoms with Crippen LogP contribution >= 0.6 is 0 Å². The van der Waals surface area contributed by atoms with Crippen LogP contribution in [-0.2, 0) is 6.54 Å². The summed E-state index contributed by atoms with van der Waals surface area (Å²) < 4.78 is 18.5. The summed E-state index contributed by atoms with van der Waals surface area (Å²) in [4.78, 5) is 7.86. The van der Waals surface area contributed by atoms with Gasteiger partial charge in [-0.05, 0) is 18.2 Å². The van der Waals surface area contributed by atoms with Crippen molar-refractivity contribution in [3.63, 3.8) is 0 Å². The summed E-state index contributed by atoms with van der Waals surface area (Å²) in [6, 6.07) is 7.89. The molecule has 0 aliphatic rings. The third-order valence-electron chi connectivity index (χ3n) is 2.60. The van der Waals surface area contributed by atoms with Gasteiger partial charge in [-0.25, -0.2) is 14.4 Å². The first-order valence-corrected chi connectivity index (χ1v) is 6.26. The Balaban J connectivity index is 1.68. The van der Waals surface area contributed by atoms with Crippen LogP contribution in [-0.4, -0.2) is 34.3 Å². The first kappa shape index (κ1) is 14.4. The van der Waals surface area contributed by atoms with E-state index in [0.29, 0.717) is 13.1 Å². The zero-order valence-corrected chi connectivity index (χ0v) is 10.9. The zero-order chi connectivity index (χ0) is 14.2. The third kappa shape index (κ3) is 4.56. The second-order valence-electron chi connectivity index (χ2n) is 4.23. The number of halogens is 1. The van der Waals surface area contributed by atoms with E-state index < -0.39 is 11.9 Å². The minimum Gasteiger partial charge on any atom is -0.488 e. The van der Waals surface area contributed by atoms with Gasteiger partial charge < -0.3 is 15.2 Å². The number of para-hydroxylation sites is 1. The normalized spacial score (nSPS) is 12.1. The Labute approximate surface area is 116 Å². The molecule has 2 N–H and O–H groups in total. The van der Waals surface area contributed by atoms with Gasteiger partial charge in [0.25, 0.3) is 0 Å². The van der Waals surface area contributed by atoms with Gasteiger partial charge in [0.2, 0.25) is 0 Å². The Kier molecular flexibility index (Phi) is 5.40. The van der Waals surface area contributed by atoms with Crippen LogP contribution in [0.4, 0.5) is 4.39 Å². The standard InChI is InChI=1S/C14H16FN3O2/c15-13-3-1-2-4-14(13)20-9-12(19)8-17-7-11-5-6-16-10-18-11/h1-6,10,12,17,19H,7-9H2. The molecule has 1 heterocycles. The van der Waals surface area contributed by atoms with Crippen LogP contribution in [0.25, 0.3) is 0 Å². The molecule has 2 aromatic rings. The fourth-order valence-electron chi connectivity index (χ4n) is 1.60. The molecule has 0 bridgehead atoms. The van der Waals surface area contributed by atoms with Crippen LogP contribution in [0.1, 0.15) is 5.69 Å². The number of aliphatic hydroxyl groups is 1. The van der Waals surface area contributed by atoms with E-state index in [1.165, 1.54) is 18.5 Å². The van der Waals surface area contributed by atoms with Crippen LogP contribution in [0.2, 0.25) is 0 Å². The van der Waals surface area contributed by atoms with Gasteiger partial charge in [0.1, 0.15) is 19.0 Å². The fourth-order valence-corrected chi connectivity index (χ4v) is 1.60. The molecule has 0 radical (unpaired) electrons. The highest BCUT2D eigenvalue weighted by atomic mass is 19.1. The first-order chi connectivity index (χ1) is 9.75. The maximum absolute atomic E-state index is 13.3. The van der Waals surface area contributed by atoms with Gasteiger partial charge in [-0.2, -0.15) is 0 Å². The smallest absolute Gasteiger partial charge is 0.165 e. The molecule has 1 unspecified atom stereocenters. The quantitative estimate of drug-likeness (QED) is 0.794. The van der Waals surface area contributed by atoms with Gasteiger partial charge in [-0.1, -0.05) is 12.1 Å². The second-order valence-corrected chi connectivity index (χ2v) is 4.23. The van der Waals surface area contributed by atoms with Gasteiger partial charge in [0, 0.05) is 19.3 Å². The Morgan fingerprint density at radius 2 is 2.15 bits per heavy atom. The molecule has 0 aliphatic carbocycles. The highest BCUT2D eigenvalue weighted by molar-refractivity contribution is 5.23. The van der Waals surface area contributed by atoms with Crippen molar-refractivity contribution < 1.29 is 14.2 Å². The molecule has 20 heavy (non-hydrogen) atoms. The number of aromatic nitrogens is 2. The average molecular weight is 277 g/mol. The monoisotopic (exact) mass is 277 g/mol. The Morgan fingerprint density at radius 1 is 1.30 bits per heavy atom. The molecule has 6 heteroatoms. The number of rotatable bonds is 7. The van der Waals surface area contributed by atoms with Crippen molar-refractivity contribution in [3.8, 4) is 5.75 Å². The Morgan fingerprint density at radius 3 is 2.90 bits per heavy atom. The average Bonchev–Trinajstić information content (AvgIpc) is 2.47. The summed E-state index contributed by atoms with van der Waals surface area (Å²) in [5.41, 5.74) is 0.835. The van der Waals surface area contributed by atoms with Crippen molar-refractivity contribution >= 4 is 0 Å². The molecule has 0 spiro atoms. The van der Waals surface area contributed by atoms with E-state index >= 15 is 0 Å². The van der Waals surface area contributed by atoms with Crippen molar-refractivity contribution in [1.82, 2.24) is 15.3 Å². The lowest BCUT2D eigenvalue weighted by Crippen LogP contribution is -2.31. The molecule has 5 nitrogen and oxygen atoms in total. The van der Waals surface area contributed by atoms with Crippen LogP contribution in [0.3, 0.4) is 0 Å². The van der Waals surface area contributed by atoms with Gasteiger partial charge in [-0.3, -0.25) is 0 Å². The molecule has 106 valence electrons. The molecule has 0 fully saturated rings. The van der Waals surface area contributed by atoms with Crippen LogP contribution in [0.15, 0.2) is 42.9 Å². The van der Waals surface area contributed by atoms with Crippen LogP contribution in [0.5, 0.6) is 5.75 Å². The number of nitrogens with one attached hydrogen (secondary N) is 1. The van der Waals surface area contributed by atoms with Crippen molar-refractivity contribution in [2.75, 3.05) is 13.2 Å². The molecule has 1 atom stereocenters. The lowest BCUT2D eigenvalue weighted by molar-refractivity contribution is 0.104. The number of hydrogen-bond donors (Lipinski definition) is 2. The van der Waals surface area contributed by atoms with E-state index in [0.717, 1.165) is 5.69 Å². The zero-order valence-electron chi connectivity index (χ0n) is 10.9. The maximum atomic E-state index is 13.3. The minimum atomic E-state index is -0.726. The first-order valence-electron chi connectivity index (χ1n) is 6.26. The van der Waals surface area contributed by atoms with E-state index in [1.54, 1.807) is 24.4 Å². The number of aliphatic hydroxyl groups excluding tert-OH is 1. The van der Waals surface area contributed by atoms with Gasteiger partial charge in [0.05, 0.1) is 5.69 Å². The van der Waals surface area contributed by atoms with Crippen molar-refractivity contribution in [1.29, 1.82) is 0 Å². The Hall–Kier alpha value is -2.05. The van der Waals surface area contributed by atoms with E-state index in [4.69, 9.17) is 4.74 Å². The molecule has 0 saturated carbocycles. The molecule has 0 saturated heterocycles. The highest BCUT2D eigenvalue weighted by Gasteiger charge is 2.07. The van der Waals surface area contributed by atoms with E-state index in [2.05, 4.69) is 15.3 Å². The minimum absolute atomic E-state index is 0.0255. The highest BCUT2D eigenvalue weighted by Crippen LogP contribution is 2.15. The lowest BCUT2D eigenvalue weighted by atomic mass is 10.3. The number of benzene rings is 1. The number of nitrogens with zero attached hydrogens (tertiary/aromatic N) is 2. The predicted molar refractivity (Wildman–Crippen MR) is 71.6 cm³/mol. The molecule has 1 aromatic heterocycles. The third-order valence-corrected chi connectivity index (χ3v) is 2.60. The van der Waals surface area contributed by atoms with Gasteiger partial charge in [0.15, 0.2) is 11.6 Å². The van der Waals surface area contributed by atoms with Crippen molar-refractivity contribution in [2.45, 2.75) is 12.6 Å². The van der Waals surface area contributed by atoms with Gasteiger partial charge in [-0.15, -0.1) is 0 Å². The predicted octanol–water partition coefficient (Wildman–Crippen LogP) is 1.15. The topological polar surface area (TPSA) is 67.3 Å². The molecule has 1 aromatic carbocycles. The summed E-state index contributed by atoms with van der Waals surface area (Å²) in [5, 5.41) is 12.8. The summed E-state index contributed by atoms with van der Waals surface area (Å²) in [7, 11) is 0. The van der Waals surface area contributed by atoms with Crippen molar-refractivity contribution in [2.24, 2.45) is 0 Å². The molecule has 2 rings (SSSR count). The maximum Gasteiger partial charge on any atom is 0.165 e. The summed E-state index contributed by atoms with van der Waals surface area (Å²) >= 11 is 0. The second kappa shape index (κ2) is 7.52. The molecule has 0 amide bonds. The lowest BCUT2D eigenvalue weighted by Gasteiger charge is -2.13.